The van der Waals surface area contributed by atoms with Crippen LogP contribution in [0.4, 0.5) is 4.39 Å². The summed E-state index contributed by atoms with van der Waals surface area (Å²) in [5, 5.41) is 8.37. The van der Waals surface area contributed by atoms with Gasteiger partial charge in [0.15, 0.2) is 11.5 Å². The van der Waals surface area contributed by atoms with Crippen LogP contribution in [0.15, 0.2) is 47.0 Å². The van der Waals surface area contributed by atoms with Crippen molar-refractivity contribution in [3.05, 3.63) is 78.4 Å². The van der Waals surface area contributed by atoms with Crippen LogP contribution in [0.3, 0.4) is 0 Å². The van der Waals surface area contributed by atoms with Crippen molar-refractivity contribution in [1.82, 2.24) is 15.8 Å². The molecular weight excluding hydrogens is 433 g/mol. The maximum Gasteiger partial charge on any atom is 0.330 e. The molecule has 0 saturated heterocycles. The monoisotopic (exact) mass is 457 g/mol. The third kappa shape index (κ3) is 9.06. The van der Waals surface area contributed by atoms with E-state index >= 15 is 0 Å². The summed E-state index contributed by atoms with van der Waals surface area (Å²) >= 11 is 0. The van der Waals surface area contributed by atoms with Gasteiger partial charge in [-0.3, -0.25) is 14.4 Å². The third-order valence-electron chi connectivity index (χ3n) is 4.28. The van der Waals surface area contributed by atoms with Crippen LogP contribution in [0.1, 0.15) is 35.2 Å². The Morgan fingerprint density at radius 2 is 1.91 bits per heavy atom. The highest BCUT2D eigenvalue weighted by Gasteiger charge is 2.23. The first-order chi connectivity index (χ1) is 15.8. The second kappa shape index (κ2) is 12.9. The summed E-state index contributed by atoms with van der Waals surface area (Å²) in [5.41, 5.74) is 0.661. The van der Waals surface area contributed by atoms with Gasteiger partial charge in [-0.05, 0) is 38.0 Å². The summed E-state index contributed by atoms with van der Waals surface area (Å²) in [6.07, 6.45) is 2.37. The number of benzene rings is 1. The van der Waals surface area contributed by atoms with E-state index < -0.39 is 35.3 Å². The van der Waals surface area contributed by atoms with Crippen molar-refractivity contribution >= 4 is 23.6 Å². The number of ketones is 1. The van der Waals surface area contributed by atoms with E-state index in [1.165, 1.54) is 43.0 Å². The lowest BCUT2D eigenvalue weighted by atomic mass is 9.93. The number of ether oxygens (including phenoxy) is 1. The largest absolute Gasteiger partial charge is 0.463 e. The molecule has 0 saturated carbocycles. The number of carbonyl (C=O) groups excluding carboxylic acids is 4. The second-order valence-electron chi connectivity index (χ2n) is 6.92. The van der Waals surface area contributed by atoms with Crippen LogP contribution in [0, 0.1) is 31.7 Å². The first-order valence-electron chi connectivity index (χ1n) is 10.1. The van der Waals surface area contributed by atoms with Crippen molar-refractivity contribution < 1.29 is 32.8 Å². The molecule has 2 N–H and O–H groups in total. The highest BCUT2D eigenvalue weighted by atomic mass is 19.1. The minimum absolute atomic E-state index is 0.0140. The van der Waals surface area contributed by atoms with Gasteiger partial charge in [-0.25, -0.2) is 9.18 Å². The second-order valence-corrected chi connectivity index (χ2v) is 6.92. The highest BCUT2D eigenvalue weighted by molar-refractivity contribution is 5.98. The predicted octanol–water partition coefficient (Wildman–Crippen LogP) is 2.23. The fourth-order valence-electron chi connectivity index (χ4n) is 2.72. The molecule has 2 radical (unpaired) electrons. The Kier molecular flexibility index (Phi) is 9.94. The van der Waals surface area contributed by atoms with Crippen LogP contribution in [-0.4, -0.2) is 35.3 Å². The lowest BCUT2D eigenvalue weighted by Crippen LogP contribution is -2.33. The SMILES string of the molecule is CCOC(=O)C=C[CH]NC(=O)[C@@H](CC(=O)[CH]NC(=O)c1cc(C)on1)Cc1ccc(F)cc1. The van der Waals surface area contributed by atoms with Gasteiger partial charge in [-0.2, -0.15) is 0 Å². The van der Waals surface area contributed by atoms with E-state index in [-0.39, 0.29) is 25.1 Å². The fraction of sp³-hybridized carbons (Fsp3) is 0.261. The zero-order valence-electron chi connectivity index (χ0n) is 18.2. The maximum absolute atomic E-state index is 13.2. The Balaban J connectivity index is 1.96. The number of Topliss-reactive ketones (excluding diaryl/α,β-unsaturated/α-hetero) is 1. The van der Waals surface area contributed by atoms with Crippen molar-refractivity contribution in [2.45, 2.75) is 26.7 Å². The molecule has 1 aromatic carbocycles. The van der Waals surface area contributed by atoms with E-state index in [0.717, 1.165) is 12.6 Å². The minimum atomic E-state index is -0.822. The smallest absolute Gasteiger partial charge is 0.330 e. The normalized spacial score (nSPS) is 11.7. The molecule has 0 unspecified atom stereocenters. The number of amides is 2. The van der Waals surface area contributed by atoms with Crippen molar-refractivity contribution in [2.75, 3.05) is 6.61 Å². The molecule has 0 aliphatic rings. The summed E-state index contributed by atoms with van der Waals surface area (Å²) in [6, 6.07) is 6.96. The maximum atomic E-state index is 13.2. The minimum Gasteiger partial charge on any atom is -0.463 e. The third-order valence-corrected chi connectivity index (χ3v) is 4.28. The van der Waals surface area contributed by atoms with E-state index in [1.54, 1.807) is 13.8 Å². The van der Waals surface area contributed by atoms with Gasteiger partial charge in [-0.1, -0.05) is 23.4 Å². The van der Waals surface area contributed by atoms with Crippen LogP contribution in [-0.2, 0) is 25.5 Å². The summed E-state index contributed by atoms with van der Waals surface area (Å²) < 4.78 is 22.7. The molecule has 0 bridgehead atoms. The molecule has 1 aromatic heterocycles. The number of carbonyl (C=O) groups is 4. The highest BCUT2D eigenvalue weighted by Crippen LogP contribution is 2.15. The van der Waals surface area contributed by atoms with Gasteiger partial charge in [-0.15, -0.1) is 0 Å². The molecule has 1 atom stereocenters. The standard InChI is InChI=1S/C23H24FN3O6/c1-3-32-21(29)5-4-10-25-22(30)17(12-16-6-8-18(24)9-7-16)13-19(28)14-26-23(31)20-11-15(2)33-27-20/h4-11,14,17H,3,12-13H2,1-2H3,(H,25,30)(H,26,31)/t17-/m1/s1. The molecule has 1 heterocycles. The Bertz CT molecular complexity index is 1000. The quantitative estimate of drug-likeness (QED) is 0.370. The lowest BCUT2D eigenvalue weighted by Gasteiger charge is -2.16. The van der Waals surface area contributed by atoms with Gasteiger partial charge in [0, 0.05) is 24.5 Å². The van der Waals surface area contributed by atoms with Gasteiger partial charge in [0.25, 0.3) is 5.91 Å². The van der Waals surface area contributed by atoms with E-state index in [1.807, 2.05) is 0 Å². The van der Waals surface area contributed by atoms with E-state index in [2.05, 4.69) is 15.8 Å². The molecule has 0 aliphatic heterocycles. The Morgan fingerprint density at radius 3 is 2.55 bits per heavy atom. The van der Waals surface area contributed by atoms with Crippen LogP contribution >= 0.6 is 0 Å². The summed E-state index contributed by atoms with van der Waals surface area (Å²) in [6.45, 7) is 5.72. The van der Waals surface area contributed by atoms with Crippen molar-refractivity contribution in [3.63, 3.8) is 0 Å². The number of nitrogens with zero attached hydrogens (tertiary/aromatic N) is 1. The molecular formula is C23H24FN3O6. The first-order valence-corrected chi connectivity index (χ1v) is 10.1. The molecule has 9 nitrogen and oxygen atoms in total. The first kappa shape index (κ1) is 25.4. The molecule has 174 valence electrons. The topological polar surface area (TPSA) is 128 Å². The van der Waals surface area contributed by atoms with Crippen LogP contribution in [0.25, 0.3) is 0 Å². The number of hydrogen-bond donors (Lipinski definition) is 2. The van der Waals surface area contributed by atoms with Gasteiger partial charge < -0.3 is 19.9 Å². The van der Waals surface area contributed by atoms with Crippen LogP contribution in [0.5, 0.6) is 0 Å². The van der Waals surface area contributed by atoms with Crippen molar-refractivity contribution in [1.29, 1.82) is 0 Å². The number of rotatable bonds is 12. The molecule has 10 heteroatoms. The summed E-state index contributed by atoms with van der Waals surface area (Å²) in [5.74, 6) is -2.99. The molecule has 2 amide bonds. The number of esters is 1. The van der Waals surface area contributed by atoms with Gasteiger partial charge in [0.1, 0.15) is 18.1 Å². The number of aromatic nitrogens is 1. The molecule has 2 rings (SSSR count). The zero-order chi connectivity index (χ0) is 24.2. The number of aryl methyl sites for hydroxylation is 1. The molecule has 0 aliphatic carbocycles. The van der Waals surface area contributed by atoms with Crippen molar-refractivity contribution in [3.8, 4) is 0 Å². The van der Waals surface area contributed by atoms with Crippen LogP contribution in [0.2, 0.25) is 0 Å². The van der Waals surface area contributed by atoms with E-state index in [9.17, 15) is 23.6 Å². The average molecular weight is 457 g/mol. The number of halogens is 1. The Morgan fingerprint density at radius 1 is 1.18 bits per heavy atom. The molecule has 0 fully saturated rings. The average Bonchev–Trinajstić information content (AvgIpc) is 3.22. The Hall–Kier alpha value is -3.82. The zero-order valence-corrected chi connectivity index (χ0v) is 18.2. The van der Waals surface area contributed by atoms with Gasteiger partial charge in [0.05, 0.1) is 13.2 Å². The van der Waals surface area contributed by atoms with E-state index in [0.29, 0.717) is 11.3 Å². The summed E-state index contributed by atoms with van der Waals surface area (Å²) in [7, 11) is 0. The molecule has 0 spiro atoms. The molecule has 33 heavy (non-hydrogen) atoms. The number of nitrogens with one attached hydrogen (secondary N) is 2. The van der Waals surface area contributed by atoms with Gasteiger partial charge >= 0.3 is 5.97 Å². The lowest BCUT2D eigenvalue weighted by molar-refractivity contribution is -0.137. The molecule has 2 aromatic rings. The van der Waals surface area contributed by atoms with Crippen LogP contribution < -0.4 is 10.6 Å². The Labute approximate surface area is 190 Å². The summed E-state index contributed by atoms with van der Waals surface area (Å²) in [4.78, 5) is 48.3. The predicted molar refractivity (Wildman–Crippen MR) is 114 cm³/mol. The fourth-order valence-corrected chi connectivity index (χ4v) is 2.72. The number of hydrogen-bond acceptors (Lipinski definition) is 7. The van der Waals surface area contributed by atoms with E-state index in [4.69, 9.17) is 9.26 Å². The van der Waals surface area contributed by atoms with Gasteiger partial charge in [0.2, 0.25) is 5.91 Å². The van der Waals surface area contributed by atoms with Crippen molar-refractivity contribution in [2.24, 2.45) is 5.92 Å².